The summed E-state index contributed by atoms with van der Waals surface area (Å²) >= 11 is 0. The molecule has 7 heteroatoms. The summed E-state index contributed by atoms with van der Waals surface area (Å²) in [5.41, 5.74) is 4.80. The van der Waals surface area contributed by atoms with Gasteiger partial charge in [0.1, 0.15) is 11.5 Å². The quantitative estimate of drug-likeness (QED) is 0.171. The van der Waals surface area contributed by atoms with Gasteiger partial charge in [0.15, 0.2) is 0 Å². The molecular formula is C33H36N2O5. The van der Waals surface area contributed by atoms with E-state index >= 15 is 0 Å². The Morgan fingerprint density at radius 3 is 2.38 bits per heavy atom. The Kier molecular flexibility index (Phi) is 10.5. The van der Waals surface area contributed by atoms with Gasteiger partial charge in [-0.3, -0.25) is 9.59 Å². The summed E-state index contributed by atoms with van der Waals surface area (Å²) in [6.45, 7) is 2.63. The number of ether oxygens (including phenoxy) is 1. The van der Waals surface area contributed by atoms with Gasteiger partial charge < -0.3 is 19.6 Å². The third kappa shape index (κ3) is 8.83. The molecule has 4 aromatic rings. The number of aromatic nitrogens is 1. The maximum atomic E-state index is 12.5. The van der Waals surface area contributed by atoms with E-state index < -0.39 is 5.97 Å². The molecule has 208 valence electrons. The molecule has 4 rings (SSSR count). The molecule has 0 aliphatic carbocycles. The van der Waals surface area contributed by atoms with Crippen LogP contribution in [0.5, 0.6) is 5.75 Å². The van der Waals surface area contributed by atoms with Gasteiger partial charge in [-0.15, -0.1) is 0 Å². The van der Waals surface area contributed by atoms with Gasteiger partial charge in [0.25, 0.3) is 0 Å². The zero-order valence-electron chi connectivity index (χ0n) is 22.9. The number of nitrogens with one attached hydrogen (secondary N) is 1. The molecule has 0 bridgehead atoms. The van der Waals surface area contributed by atoms with Crippen molar-refractivity contribution in [2.24, 2.45) is 0 Å². The SMILES string of the molecule is Cc1oc(-c2ccccc2)nc1CCOc1ccc(CCC(=O)O)c(CNC(=O)CCCCc2ccccc2)c1. The molecule has 0 aliphatic rings. The Labute approximate surface area is 235 Å². The zero-order valence-corrected chi connectivity index (χ0v) is 22.9. The highest BCUT2D eigenvalue weighted by molar-refractivity contribution is 5.75. The molecular weight excluding hydrogens is 504 g/mol. The molecule has 1 aromatic heterocycles. The monoisotopic (exact) mass is 540 g/mol. The number of unbranched alkanes of at least 4 members (excludes halogenated alkanes) is 1. The van der Waals surface area contributed by atoms with Crippen LogP contribution in [0.1, 0.15) is 53.8 Å². The zero-order chi connectivity index (χ0) is 28.2. The van der Waals surface area contributed by atoms with Crippen molar-refractivity contribution in [2.45, 2.75) is 58.4 Å². The summed E-state index contributed by atoms with van der Waals surface area (Å²) in [5.74, 6) is 1.15. The minimum atomic E-state index is -0.855. The number of aliphatic carboxylic acids is 1. The number of carboxylic acid groups (broad SMARTS) is 1. The van der Waals surface area contributed by atoms with E-state index in [-0.39, 0.29) is 12.3 Å². The van der Waals surface area contributed by atoms with Crippen molar-refractivity contribution in [1.29, 1.82) is 0 Å². The van der Waals surface area contributed by atoms with E-state index in [9.17, 15) is 9.59 Å². The van der Waals surface area contributed by atoms with Gasteiger partial charge in [-0.05, 0) is 73.6 Å². The van der Waals surface area contributed by atoms with Gasteiger partial charge in [-0.2, -0.15) is 0 Å². The Morgan fingerprint density at radius 1 is 0.875 bits per heavy atom. The highest BCUT2D eigenvalue weighted by Crippen LogP contribution is 2.23. The van der Waals surface area contributed by atoms with Gasteiger partial charge >= 0.3 is 5.97 Å². The van der Waals surface area contributed by atoms with Crippen molar-refractivity contribution in [3.8, 4) is 17.2 Å². The Morgan fingerprint density at radius 2 is 1.62 bits per heavy atom. The smallest absolute Gasteiger partial charge is 0.303 e. The number of carboxylic acids is 1. The molecule has 7 nitrogen and oxygen atoms in total. The van der Waals surface area contributed by atoms with Gasteiger partial charge in [0.2, 0.25) is 11.8 Å². The van der Waals surface area contributed by atoms with Crippen LogP contribution in [0.2, 0.25) is 0 Å². The predicted octanol–water partition coefficient (Wildman–Crippen LogP) is 6.32. The second-order valence-electron chi connectivity index (χ2n) is 9.78. The van der Waals surface area contributed by atoms with Crippen LogP contribution in [0.15, 0.2) is 83.3 Å². The van der Waals surface area contributed by atoms with Crippen molar-refractivity contribution in [3.63, 3.8) is 0 Å². The van der Waals surface area contributed by atoms with E-state index in [1.54, 1.807) is 0 Å². The van der Waals surface area contributed by atoms with Crippen molar-refractivity contribution in [3.05, 3.63) is 107 Å². The van der Waals surface area contributed by atoms with E-state index in [0.29, 0.717) is 44.1 Å². The van der Waals surface area contributed by atoms with Crippen LogP contribution in [0.3, 0.4) is 0 Å². The summed E-state index contributed by atoms with van der Waals surface area (Å²) in [6.07, 6.45) is 4.15. The van der Waals surface area contributed by atoms with Crippen molar-refractivity contribution < 1.29 is 23.8 Å². The van der Waals surface area contributed by atoms with Crippen LogP contribution in [-0.4, -0.2) is 28.6 Å². The van der Waals surface area contributed by atoms with E-state index in [4.69, 9.17) is 14.3 Å². The third-order valence-corrected chi connectivity index (χ3v) is 6.75. The first kappa shape index (κ1) is 28.6. The van der Waals surface area contributed by atoms with Gasteiger partial charge in [-0.1, -0.05) is 54.6 Å². The van der Waals surface area contributed by atoms with Crippen molar-refractivity contribution in [1.82, 2.24) is 10.3 Å². The van der Waals surface area contributed by atoms with Gasteiger partial charge in [0, 0.05) is 31.4 Å². The number of nitrogens with zero attached hydrogens (tertiary/aromatic N) is 1. The molecule has 0 radical (unpaired) electrons. The lowest BCUT2D eigenvalue weighted by Gasteiger charge is -2.13. The largest absolute Gasteiger partial charge is 0.493 e. The summed E-state index contributed by atoms with van der Waals surface area (Å²) < 4.78 is 11.9. The predicted molar refractivity (Wildman–Crippen MR) is 154 cm³/mol. The number of rotatable bonds is 15. The minimum absolute atomic E-state index is 0.0145. The Bertz CT molecular complexity index is 1380. The van der Waals surface area contributed by atoms with Crippen molar-refractivity contribution in [2.75, 3.05) is 6.61 Å². The molecule has 0 atom stereocenters. The van der Waals surface area contributed by atoms with Gasteiger partial charge in [-0.25, -0.2) is 4.98 Å². The number of amides is 1. The highest BCUT2D eigenvalue weighted by Gasteiger charge is 2.13. The second kappa shape index (κ2) is 14.7. The van der Waals surface area contributed by atoms with Crippen LogP contribution in [0.4, 0.5) is 0 Å². The molecule has 0 saturated heterocycles. The number of aryl methyl sites for hydroxylation is 3. The first-order valence-electron chi connectivity index (χ1n) is 13.8. The fraction of sp³-hybridized carbons (Fsp3) is 0.303. The topological polar surface area (TPSA) is 102 Å². The maximum absolute atomic E-state index is 12.5. The van der Waals surface area contributed by atoms with Crippen LogP contribution in [-0.2, 0) is 35.4 Å². The third-order valence-electron chi connectivity index (χ3n) is 6.75. The number of hydrogen-bond acceptors (Lipinski definition) is 5. The molecule has 0 fully saturated rings. The fourth-order valence-corrected chi connectivity index (χ4v) is 4.51. The normalized spacial score (nSPS) is 10.8. The lowest BCUT2D eigenvalue weighted by molar-refractivity contribution is -0.137. The number of oxazole rings is 1. The molecule has 0 saturated carbocycles. The Balaban J connectivity index is 1.30. The van der Waals surface area contributed by atoms with Crippen LogP contribution in [0.25, 0.3) is 11.5 Å². The van der Waals surface area contributed by atoms with Crippen LogP contribution >= 0.6 is 0 Å². The van der Waals surface area contributed by atoms with Crippen molar-refractivity contribution >= 4 is 11.9 Å². The molecule has 1 heterocycles. The average Bonchev–Trinajstić information content (AvgIpc) is 3.34. The molecule has 40 heavy (non-hydrogen) atoms. The number of carbonyl (C=O) groups excluding carboxylic acids is 1. The van der Waals surface area contributed by atoms with E-state index in [1.807, 2.05) is 73.7 Å². The first-order chi connectivity index (χ1) is 19.5. The van der Waals surface area contributed by atoms with E-state index in [1.165, 1.54) is 5.56 Å². The lowest BCUT2D eigenvalue weighted by Crippen LogP contribution is -2.23. The molecule has 0 unspecified atom stereocenters. The lowest BCUT2D eigenvalue weighted by atomic mass is 10.0. The molecule has 3 aromatic carbocycles. The van der Waals surface area contributed by atoms with E-state index in [0.717, 1.165) is 47.4 Å². The number of benzene rings is 3. The summed E-state index contributed by atoms with van der Waals surface area (Å²) in [4.78, 5) is 28.3. The summed E-state index contributed by atoms with van der Waals surface area (Å²) in [7, 11) is 0. The van der Waals surface area contributed by atoms with E-state index in [2.05, 4.69) is 22.4 Å². The first-order valence-corrected chi connectivity index (χ1v) is 13.8. The summed E-state index contributed by atoms with van der Waals surface area (Å²) in [5, 5.41) is 12.2. The van der Waals surface area contributed by atoms with Crippen LogP contribution < -0.4 is 10.1 Å². The standard InChI is InChI=1S/C33H36N2O5/c1-24-30(35-33(40-24)27-13-6-3-7-14-27)20-21-39-29-18-16-26(17-19-32(37)38)28(22-29)23-34-31(36)15-9-8-12-25-10-4-2-5-11-25/h2-7,10-11,13-14,16,18,22H,8-9,12,15,17,19-21,23H2,1H3,(H,34,36)(H,37,38). The molecule has 0 aliphatic heterocycles. The highest BCUT2D eigenvalue weighted by atomic mass is 16.5. The fourth-order valence-electron chi connectivity index (χ4n) is 4.51. The van der Waals surface area contributed by atoms with Gasteiger partial charge in [0.05, 0.1) is 12.3 Å². The summed E-state index contributed by atoms with van der Waals surface area (Å²) in [6, 6.07) is 25.6. The minimum Gasteiger partial charge on any atom is -0.493 e. The Hall–Kier alpha value is -4.39. The molecule has 2 N–H and O–H groups in total. The maximum Gasteiger partial charge on any atom is 0.303 e. The van der Waals surface area contributed by atoms with Crippen LogP contribution in [0, 0.1) is 6.92 Å². The second-order valence-corrected chi connectivity index (χ2v) is 9.78. The number of carbonyl (C=O) groups is 2. The number of hydrogen-bond donors (Lipinski definition) is 2. The molecule has 1 amide bonds. The average molecular weight is 541 g/mol. The molecule has 0 spiro atoms.